The summed E-state index contributed by atoms with van der Waals surface area (Å²) in [6.45, 7) is 4.71. The van der Waals surface area contributed by atoms with Gasteiger partial charge in [0.2, 0.25) is 5.91 Å². The predicted molar refractivity (Wildman–Crippen MR) is 102 cm³/mol. The van der Waals surface area contributed by atoms with E-state index in [4.69, 9.17) is 4.74 Å². The highest BCUT2D eigenvalue weighted by molar-refractivity contribution is 7.13. The summed E-state index contributed by atoms with van der Waals surface area (Å²) >= 11 is 1.61. The molecule has 0 unspecified atom stereocenters. The van der Waals surface area contributed by atoms with Crippen LogP contribution in [0.2, 0.25) is 0 Å². The molecule has 1 aliphatic rings. The summed E-state index contributed by atoms with van der Waals surface area (Å²) in [7, 11) is 1.59. The Morgan fingerprint density at radius 2 is 1.88 bits per heavy atom. The minimum atomic E-state index is -0.323. The van der Waals surface area contributed by atoms with Gasteiger partial charge in [0.1, 0.15) is 5.75 Å². The summed E-state index contributed by atoms with van der Waals surface area (Å²) in [5, 5.41) is 2.96. The van der Waals surface area contributed by atoms with E-state index in [1.807, 2.05) is 17.2 Å². The number of benzene rings is 1. The van der Waals surface area contributed by atoms with Crippen LogP contribution < -0.4 is 9.64 Å². The van der Waals surface area contributed by atoms with Gasteiger partial charge in [-0.1, -0.05) is 6.92 Å². The number of carbonyl (C=O) groups excluding carboxylic acids is 2. The fourth-order valence-electron chi connectivity index (χ4n) is 3.06. The van der Waals surface area contributed by atoms with E-state index in [9.17, 15) is 9.59 Å². The van der Waals surface area contributed by atoms with Crippen LogP contribution in [0.4, 0.5) is 5.13 Å². The van der Waals surface area contributed by atoms with E-state index in [0.29, 0.717) is 24.4 Å². The molecule has 0 N–H and O–H groups in total. The Morgan fingerprint density at radius 1 is 1.19 bits per heavy atom. The molecule has 2 heterocycles. The molecule has 0 bridgehead atoms. The van der Waals surface area contributed by atoms with Gasteiger partial charge in [-0.15, -0.1) is 11.3 Å². The first-order valence-electron chi connectivity index (χ1n) is 8.69. The highest BCUT2D eigenvalue weighted by Gasteiger charge is 2.27. The Balaban J connectivity index is 1.52. The zero-order chi connectivity index (χ0) is 18.5. The van der Waals surface area contributed by atoms with E-state index < -0.39 is 0 Å². The normalized spacial score (nSPS) is 15.6. The second-order valence-electron chi connectivity index (χ2n) is 6.38. The zero-order valence-electron chi connectivity index (χ0n) is 15.1. The van der Waals surface area contributed by atoms with Crippen LogP contribution in [0.25, 0.3) is 0 Å². The van der Waals surface area contributed by atoms with Gasteiger partial charge in [0.25, 0.3) is 0 Å². The van der Waals surface area contributed by atoms with Crippen LogP contribution in [-0.4, -0.2) is 54.9 Å². The highest BCUT2D eigenvalue weighted by Crippen LogP contribution is 2.21. The number of methoxy groups -OCH3 is 1. The largest absolute Gasteiger partial charge is 0.497 e. The minimum absolute atomic E-state index is 0.0186. The van der Waals surface area contributed by atoms with Crippen molar-refractivity contribution in [2.45, 2.75) is 13.3 Å². The smallest absolute Gasteiger partial charge is 0.225 e. The van der Waals surface area contributed by atoms with E-state index in [0.717, 1.165) is 18.2 Å². The van der Waals surface area contributed by atoms with Gasteiger partial charge in [0, 0.05) is 55.7 Å². The fraction of sp³-hybridized carbons (Fsp3) is 0.421. The zero-order valence-corrected chi connectivity index (χ0v) is 15.9. The molecule has 1 aromatic carbocycles. The van der Waals surface area contributed by atoms with Crippen molar-refractivity contribution in [3.05, 3.63) is 41.4 Å². The first-order chi connectivity index (χ1) is 12.6. The van der Waals surface area contributed by atoms with Crippen molar-refractivity contribution in [2.75, 3.05) is 38.2 Å². The third-order valence-electron chi connectivity index (χ3n) is 4.61. The van der Waals surface area contributed by atoms with Crippen molar-refractivity contribution < 1.29 is 14.3 Å². The molecule has 0 aliphatic carbocycles. The van der Waals surface area contributed by atoms with E-state index in [1.165, 1.54) is 0 Å². The molecule has 138 valence electrons. The number of ether oxygens (including phenoxy) is 1. The number of hydrogen-bond acceptors (Lipinski definition) is 6. The number of aromatic nitrogens is 1. The minimum Gasteiger partial charge on any atom is -0.497 e. The lowest BCUT2D eigenvalue weighted by molar-refractivity contribution is -0.135. The van der Waals surface area contributed by atoms with Gasteiger partial charge in [-0.2, -0.15) is 0 Å². The summed E-state index contributed by atoms with van der Waals surface area (Å²) < 4.78 is 5.10. The number of anilines is 1. The fourth-order valence-corrected chi connectivity index (χ4v) is 3.76. The highest BCUT2D eigenvalue weighted by atomic mass is 32.1. The number of thiazole rings is 1. The molecule has 1 aromatic heterocycles. The van der Waals surface area contributed by atoms with E-state index in [-0.39, 0.29) is 24.0 Å². The number of carbonyl (C=O) groups is 2. The maximum absolute atomic E-state index is 12.7. The summed E-state index contributed by atoms with van der Waals surface area (Å²) in [5.74, 6) is 0.417. The standard InChI is InChI=1S/C19H23N3O3S/c1-14(13-17(23)15-3-5-16(25-2)6-4-15)18(24)21-8-10-22(11-9-21)19-20-7-12-26-19/h3-7,12,14H,8-11,13H2,1-2H3/t14-/m0/s1. The summed E-state index contributed by atoms with van der Waals surface area (Å²) in [5.41, 5.74) is 0.610. The number of rotatable bonds is 6. The van der Waals surface area contributed by atoms with E-state index in [1.54, 1.807) is 48.9 Å². The lowest BCUT2D eigenvalue weighted by Gasteiger charge is -2.35. The van der Waals surface area contributed by atoms with Crippen molar-refractivity contribution >= 4 is 28.2 Å². The molecule has 2 aromatic rings. The van der Waals surface area contributed by atoms with Crippen molar-refractivity contribution in [3.8, 4) is 5.75 Å². The molecule has 26 heavy (non-hydrogen) atoms. The number of Topliss-reactive ketones (excluding diaryl/α,β-unsaturated/α-hetero) is 1. The summed E-state index contributed by atoms with van der Waals surface area (Å²) in [4.78, 5) is 33.5. The molecule has 0 saturated carbocycles. The second kappa shape index (κ2) is 8.31. The summed E-state index contributed by atoms with van der Waals surface area (Å²) in [6, 6.07) is 7.01. The van der Waals surface area contributed by atoms with E-state index in [2.05, 4.69) is 9.88 Å². The third-order valence-corrected chi connectivity index (χ3v) is 5.44. The van der Waals surface area contributed by atoms with Crippen molar-refractivity contribution in [3.63, 3.8) is 0 Å². The Labute approximate surface area is 157 Å². The Kier molecular flexibility index (Phi) is 5.88. The van der Waals surface area contributed by atoms with Crippen molar-refractivity contribution in [1.29, 1.82) is 0 Å². The number of nitrogens with zero attached hydrogens (tertiary/aromatic N) is 3. The average molecular weight is 373 g/mol. The van der Waals surface area contributed by atoms with Gasteiger partial charge in [0.05, 0.1) is 7.11 Å². The van der Waals surface area contributed by atoms with Crippen LogP contribution in [0.15, 0.2) is 35.8 Å². The molecule has 0 radical (unpaired) electrons. The molecule has 1 aliphatic heterocycles. The molecule has 0 spiro atoms. The Hall–Kier alpha value is -2.41. The number of hydrogen-bond donors (Lipinski definition) is 0. The van der Waals surface area contributed by atoms with Crippen LogP contribution >= 0.6 is 11.3 Å². The van der Waals surface area contributed by atoms with Gasteiger partial charge < -0.3 is 14.5 Å². The first kappa shape index (κ1) is 18.4. The molecule has 1 fully saturated rings. The molecule has 1 atom stereocenters. The molecular weight excluding hydrogens is 350 g/mol. The van der Waals surface area contributed by atoms with Crippen LogP contribution in [0.3, 0.4) is 0 Å². The van der Waals surface area contributed by atoms with Gasteiger partial charge in [-0.25, -0.2) is 4.98 Å². The van der Waals surface area contributed by atoms with Gasteiger partial charge in [0.15, 0.2) is 10.9 Å². The Morgan fingerprint density at radius 3 is 2.46 bits per heavy atom. The molecular formula is C19H23N3O3S. The van der Waals surface area contributed by atoms with Crippen LogP contribution in [-0.2, 0) is 4.79 Å². The molecule has 1 amide bonds. The van der Waals surface area contributed by atoms with Crippen LogP contribution in [0, 0.1) is 5.92 Å². The quantitative estimate of drug-likeness (QED) is 0.729. The SMILES string of the molecule is COc1ccc(C(=O)C[C@H](C)C(=O)N2CCN(c3nccs3)CC2)cc1. The lowest BCUT2D eigenvalue weighted by Crippen LogP contribution is -2.50. The Bertz CT molecular complexity index is 738. The number of piperazine rings is 1. The van der Waals surface area contributed by atoms with Crippen molar-refractivity contribution in [1.82, 2.24) is 9.88 Å². The van der Waals surface area contributed by atoms with Gasteiger partial charge in [-0.3, -0.25) is 9.59 Å². The lowest BCUT2D eigenvalue weighted by atomic mass is 9.98. The number of ketones is 1. The summed E-state index contributed by atoms with van der Waals surface area (Å²) in [6.07, 6.45) is 2.02. The molecule has 6 nitrogen and oxygen atoms in total. The van der Waals surface area contributed by atoms with Crippen molar-refractivity contribution in [2.24, 2.45) is 5.92 Å². The third kappa shape index (κ3) is 4.22. The van der Waals surface area contributed by atoms with Crippen LogP contribution in [0.1, 0.15) is 23.7 Å². The molecule has 7 heteroatoms. The first-order valence-corrected chi connectivity index (χ1v) is 9.57. The van der Waals surface area contributed by atoms with Crippen LogP contribution in [0.5, 0.6) is 5.75 Å². The topological polar surface area (TPSA) is 62.7 Å². The average Bonchev–Trinajstić information content (AvgIpc) is 3.22. The second-order valence-corrected chi connectivity index (χ2v) is 7.26. The van der Waals surface area contributed by atoms with E-state index >= 15 is 0 Å². The van der Waals surface area contributed by atoms with Gasteiger partial charge in [-0.05, 0) is 24.3 Å². The predicted octanol–water partition coefficient (Wildman–Crippen LogP) is 2.71. The monoisotopic (exact) mass is 373 g/mol. The maximum atomic E-state index is 12.7. The van der Waals surface area contributed by atoms with Gasteiger partial charge >= 0.3 is 0 Å². The number of amides is 1. The molecule has 3 rings (SSSR count). The molecule has 1 saturated heterocycles. The maximum Gasteiger partial charge on any atom is 0.225 e.